The number of rotatable bonds is 3. The van der Waals surface area contributed by atoms with Gasteiger partial charge in [-0.25, -0.2) is 4.98 Å². The number of hydrogen-bond donors (Lipinski definition) is 1. The number of pyridine rings is 1. The van der Waals surface area contributed by atoms with Gasteiger partial charge in [-0.15, -0.1) is 0 Å². The van der Waals surface area contributed by atoms with Gasteiger partial charge in [-0.2, -0.15) is 13.2 Å². The van der Waals surface area contributed by atoms with E-state index in [1.807, 2.05) is 4.90 Å². The number of anilines is 2. The first kappa shape index (κ1) is 15.9. The maximum absolute atomic E-state index is 12.9. The smallest absolute Gasteiger partial charge is 0.373 e. The highest BCUT2D eigenvalue weighted by Crippen LogP contribution is 2.33. The molecule has 0 atom stereocenters. The first-order valence-corrected chi connectivity index (χ1v) is 7.07. The zero-order chi connectivity index (χ0) is 15.6. The van der Waals surface area contributed by atoms with Crippen LogP contribution < -0.4 is 10.2 Å². The Bertz CT molecular complexity index is 480. The van der Waals surface area contributed by atoms with Crippen LogP contribution >= 0.6 is 0 Å². The van der Waals surface area contributed by atoms with Crippen molar-refractivity contribution in [3.8, 4) is 0 Å². The summed E-state index contributed by atoms with van der Waals surface area (Å²) in [5.74, 6) is 0.628. The molecule has 21 heavy (non-hydrogen) atoms. The van der Waals surface area contributed by atoms with Crippen molar-refractivity contribution in [1.29, 1.82) is 0 Å². The third kappa shape index (κ3) is 3.78. The molecule has 0 saturated carbocycles. The van der Waals surface area contributed by atoms with Crippen molar-refractivity contribution in [1.82, 2.24) is 9.88 Å². The predicted octanol–water partition coefficient (Wildman–Crippen LogP) is 2.67. The Hall–Kier alpha value is -1.50. The largest absolute Gasteiger partial charge is 0.416 e. The maximum Gasteiger partial charge on any atom is 0.416 e. The highest BCUT2D eigenvalue weighted by Gasteiger charge is 2.32. The fraction of sp³-hybridized carbons (Fsp3) is 0.643. The van der Waals surface area contributed by atoms with Gasteiger partial charge in [0.25, 0.3) is 0 Å². The molecular formula is C14H21F3N4. The summed E-state index contributed by atoms with van der Waals surface area (Å²) >= 11 is 0. The summed E-state index contributed by atoms with van der Waals surface area (Å²) in [6.45, 7) is 7.30. The van der Waals surface area contributed by atoms with E-state index in [0.29, 0.717) is 24.9 Å². The highest BCUT2D eigenvalue weighted by atomic mass is 19.4. The molecule has 0 radical (unpaired) electrons. The van der Waals surface area contributed by atoms with E-state index in [1.165, 1.54) is 0 Å². The Morgan fingerprint density at radius 2 is 1.76 bits per heavy atom. The Morgan fingerprint density at radius 1 is 1.14 bits per heavy atom. The minimum Gasteiger partial charge on any atom is -0.373 e. The Labute approximate surface area is 122 Å². The van der Waals surface area contributed by atoms with Crippen LogP contribution in [0.5, 0.6) is 0 Å². The van der Waals surface area contributed by atoms with Gasteiger partial charge in [-0.1, -0.05) is 0 Å². The van der Waals surface area contributed by atoms with E-state index in [2.05, 4.69) is 29.0 Å². The average molecular weight is 302 g/mol. The van der Waals surface area contributed by atoms with E-state index < -0.39 is 11.7 Å². The van der Waals surface area contributed by atoms with Crippen molar-refractivity contribution in [2.24, 2.45) is 0 Å². The Kier molecular flexibility index (Phi) is 4.61. The van der Waals surface area contributed by atoms with Gasteiger partial charge in [0.1, 0.15) is 11.6 Å². The van der Waals surface area contributed by atoms with Crippen LogP contribution in [0.25, 0.3) is 0 Å². The van der Waals surface area contributed by atoms with Crippen LogP contribution in [-0.2, 0) is 6.18 Å². The summed E-state index contributed by atoms with van der Waals surface area (Å²) in [5.41, 5.74) is -0.664. The molecule has 1 aliphatic heterocycles. The summed E-state index contributed by atoms with van der Waals surface area (Å²) < 4.78 is 38.8. The lowest BCUT2D eigenvalue weighted by Gasteiger charge is -2.37. The summed E-state index contributed by atoms with van der Waals surface area (Å²) in [6, 6.07) is 2.62. The van der Waals surface area contributed by atoms with Crippen molar-refractivity contribution in [2.45, 2.75) is 26.1 Å². The first-order chi connectivity index (χ1) is 9.81. The molecular weight excluding hydrogens is 281 g/mol. The fourth-order valence-electron chi connectivity index (χ4n) is 2.44. The van der Waals surface area contributed by atoms with Crippen molar-refractivity contribution in [2.75, 3.05) is 43.4 Å². The minimum atomic E-state index is -4.36. The second-order valence-electron chi connectivity index (χ2n) is 5.46. The minimum absolute atomic E-state index is 0.242. The van der Waals surface area contributed by atoms with Gasteiger partial charge in [-0.05, 0) is 26.0 Å². The standard InChI is InChI=1S/C14H21F3N4/c1-10(2)20-4-6-21(7-5-20)13-9-11(14(15,16)17)8-12(18-3)19-13/h8-10H,4-7H2,1-3H3,(H,18,19). The molecule has 2 rings (SSSR count). The van der Waals surface area contributed by atoms with Crippen LogP contribution in [0, 0.1) is 0 Å². The third-order valence-electron chi connectivity index (χ3n) is 3.76. The summed E-state index contributed by atoms with van der Waals surface area (Å²) in [4.78, 5) is 8.48. The maximum atomic E-state index is 12.9. The predicted molar refractivity (Wildman–Crippen MR) is 77.7 cm³/mol. The second-order valence-corrected chi connectivity index (χ2v) is 5.46. The molecule has 0 spiro atoms. The molecule has 0 aliphatic carbocycles. The molecule has 0 aromatic carbocycles. The molecule has 118 valence electrons. The zero-order valence-corrected chi connectivity index (χ0v) is 12.5. The topological polar surface area (TPSA) is 31.4 Å². The van der Waals surface area contributed by atoms with E-state index in [0.717, 1.165) is 25.2 Å². The van der Waals surface area contributed by atoms with Gasteiger partial charge in [-0.3, -0.25) is 4.90 Å². The normalized spacial score (nSPS) is 17.4. The average Bonchev–Trinajstić information content (AvgIpc) is 2.46. The monoisotopic (exact) mass is 302 g/mol. The van der Waals surface area contributed by atoms with E-state index in [4.69, 9.17) is 0 Å². The molecule has 0 amide bonds. The van der Waals surface area contributed by atoms with Gasteiger partial charge in [0.2, 0.25) is 0 Å². The third-order valence-corrected chi connectivity index (χ3v) is 3.76. The first-order valence-electron chi connectivity index (χ1n) is 7.07. The lowest BCUT2D eigenvalue weighted by atomic mass is 10.2. The van der Waals surface area contributed by atoms with Crippen molar-refractivity contribution < 1.29 is 13.2 Å². The molecule has 4 nitrogen and oxygen atoms in total. The molecule has 1 aliphatic rings. The summed E-state index contributed by atoms with van der Waals surface area (Å²) in [5, 5.41) is 2.70. The number of alkyl halides is 3. The van der Waals surface area contributed by atoms with Crippen LogP contribution in [0.2, 0.25) is 0 Å². The lowest BCUT2D eigenvalue weighted by molar-refractivity contribution is -0.137. The van der Waals surface area contributed by atoms with Crippen LogP contribution in [0.1, 0.15) is 19.4 Å². The molecule has 7 heteroatoms. The van der Waals surface area contributed by atoms with Crippen LogP contribution in [0.3, 0.4) is 0 Å². The number of nitrogens with zero attached hydrogens (tertiary/aromatic N) is 3. The van der Waals surface area contributed by atoms with Crippen LogP contribution in [0.4, 0.5) is 24.8 Å². The second kappa shape index (κ2) is 6.09. The number of piperazine rings is 1. The SMILES string of the molecule is CNc1cc(C(F)(F)F)cc(N2CCN(C(C)C)CC2)n1. The van der Waals surface area contributed by atoms with Crippen molar-refractivity contribution >= 4 is 11.6 Å². The summed E-state index contributed by atoms with van der Waals surface area (Å²) in [7, 11) is 1.57. The van der Waals surface area contributed by atoms with Crippen molar-refractivity contribution in [3.63, 3.8) is 0 Å². The number of halogens is 3. The summed E-state index contributed by atoms with van der Waals surface area (Å²) in [6.07, 6.45) is -4.36. The van der Waals surface area contributed by atoms with Gasteiger partial charge in [0, 0.05) is 39.3 Å². The molecule has 1 saturated heterocycles. The highest BCUT2D eigenvalue weighted by molar-refractivity contribution is 5.51. The van der Waals surface area contributed by atoms with Crippen LogP contribution in [-0.4, -0.2) is 49.2 Å². The number of hydrogen-bond acceptors (Lipinski definition) is 4. The quantitative estimate of drug-likeness (QED) is 0.930. The zero-order valence-electron chi connectivity index (χ0n) is 12.5. The van der Waals surface area contributed by atoms with E-state index in [9.17, 15) is 13.2 Å². The lowest BCUT2D eigenvalue weighted by Crippen LogP contribution is -2.49. The molecule has 1 aromatic heterocycles. The van der Waals surface area contributed by atoms with Gasteiger partial charge < -0.3 is 10.2 Å². The molecule has 0 bridgehead atoms. The molecule has 1 fully saturated rings. The molecule has 2 heterocycles. The number of nitrogens with one attached hydrogen (secondary N) is 1. The van der Waals surface area contributed by atoms with E-state index >= 15 is 0 Å². The number of aromatic nitrogens is 1. The molecule has 0 unspecified atom stereocenters. The Morgan fingerprint density at radius 3 is 2.24 bits per heavy atom. The van der Waals surface area contributed by atoms with Gasteiger partial charge in [0.15, 0.2) is 0 Å². The van der Waals surface area contributed by atoms with Gasteiger partial charge in [0.05, 0.1) is 5.56 Å². The molecule has 1 N–H and O–H groups in total. The van der Waals surface area contributed by atoms with E-state index in [-0.39, 0.29) is 5.82 Å². The van der Waals surface area contributed by atoms with Crippen molar-refractivity contribution in [3.05, 3.63) is 17.7 Å². The van der Waals surface area contributed by atoms with Gasteiger partial charge >= 0.3 is 6.18 Å². The Balaban J connectivity index is 2.20. The fourth-order valence-corrected chi connectivity index (χ4v) is 2.44. The van der Waals surface area contributed by atoms with E-state index in [1.54, 1.807) is 7.05 Å². The van der Waals surface area contributed by atoms with Crippen LogP contribution in [0.15, 0.2) is 12.1 Å². The molecule has 1 aromatic rings.